The first-order chi connectivity index (χ1) is 14.6. The molecule has 0 bridgehead atoms. The summed E-state index contributed by atoms with van der Waals surface area (Å²) < 4.78 is 33.7. The maximum atomic E-state index is 13.4. The number of nitrogens with zero attached hydrogens (tertiary/aromatic N) is 1. The summed E-state index contributed by atoms with van der Waals surface area (Å²) in [5.74, 6) is 0. The average Bonchev–Trinajstić information content (AvgIpc) is 3.21. The summed E-state index contributed by atoms with van der Waals surface area (Å²) in [6, 6.07) is 12.1. The number of thiophene rings is 1. The molecule has 1 amide bonds. The maximum absolute atomic E-state index is 13.4. The SMILES string of the molecule is CCCC[C@@H](CN(CCc1cccs1)S(=O)(=O)c1ccccc1)NC(=O)OC(C)(C)C. The van der Waals surface area contributed by atoms with Gasteiger partial charge in [-0.25, -0.2) is 13.2 Å². The Hall–Kier alpha value is -1.90. The number of alkyl carbamates (subject to hydrolysis) is 1. The number of carbonyl (C=O) groups is 1. The summed E-state index contributed by atoms with van der Waals surface area (Å²) >= 11 is 1.61. The van der Waals surface area contributed by atoms with Gasteiger partial charge in [0.05, 0.1) is 4.90 Å². The maximum Gasteiger partial charge on any atom is 0.407 e. The fourth-order valence-electron chi connectivity index (χ4n) is 3.12. The molecule has 0 aliphatic rings. The van der Waals surface area contributed by atoms with Crippen LogP contribution < -0.4 is 5.32 Å². The highest BCUT2D eigenvalue weighted by Crippen LogP contribution is 2.19. The first-order valence-electron chi connectivity index (χ1n) is 10.7. The molecule has 0 aliphatic carbocycles. The summed E-state index contributed by atoms with van der Waals surface area (Å²) in [6.07, 6.45) is 2.60. The molecule has 6 nitrogen and oxygen atoms in total. The second kappa shape index (κ2) is 11.6. The van der Waals surface area contributed by atoms with Crippen LogP contribution in [0.1, 0.15) is 51.8 Å². The van der Waals surface area contributed by atoms with E-state index in [2.05, 4.69) is 12.2 Å². The molecule has 2 rings (SSSR count). The zero-order valence-corrected chi connectivity index (χ0v) is 20.5. The molecule has 8 heteroatoms. The molecule has 0 saturated heterocycles. The lowest BCUT2D eigenvalue weighted by molar-refractivity contribution is 0.0495. The fraction of sp³-hybridized carbons (Fsp3) is 0.522. The lowest BCUT2D eigenvalue weighted by Gasteiger charge is -2.29. The van der Waals surface area contributed by atoms with Crippen molar-refractivity contribution in [2.75, 3.05) is 13.1 Å². The van der Waals surface area contributed by atoms with Crippen molar-refractivity contribution in [3.8, 4) is 0 Å². The van der Waals surface area contributed by atoms with Crippen LogP contribution in [0.3, 0.4) is 0 Å². The van der Waals surface area contributed by atoms with Crippen molar-refractivity contribution in [1.29, 1.82) is 0 Å². The molecule has 1 atom stereocenters. The van der Waals surface area contributed by atoms with E-state index in [0.29, 0.717) is 19.4 Å². The fourth-order valence-corrected chi connectivity index (χ4v) is 5.33. The molecule has 0 saturated carbocycles. The number of nitrogens with one attached hydrogen (secondary N) is 1. The molecule has 1 N–H and O–H groups in total. The van der Waals surface area contributed by atoms with Crippen LogP contribution >= 0.6 is 11.3 Å². The molecule has 1 aromatic heterocycles. The highest BCUT2D eigenvalue weighted by molar-refractivity contribution is 7.89. The van der Waals surface area contributed by atoms with E-state index in [1.807, 2.05) is 17.5 Å². The Morgan fingerprint density at radius 1 is 1.16 bits per heavy atom. The summed E-state index contributed by atoms with van der Waals surface area (Å²) in [7, 11) is -3.70. The Morgan fingerprint density at radius 3 is 2.45 bits per heavy atom. The van der Waals surface area contributed by atoms with E-state index < -0.39 is 21.7 Å². The Kier molecular flexibility index (Phi) is 9.53. The molecule has 172 valence electrons. The zero-order valence-electron chi connectivity index (χ0n) is 18.8. The highest BCUT2D eigenvalue weighted by Gasteiger charge is 2.28. The van der Waals surface area contributed by atoms with E-state index in [4.69, 9.17) is 4.74 Å². The first-order valence-corrected chi connectivity index (χ1v) is 13.0. The number of benzene rings is 1. The van der Waals surface area contributed by atoms with Crippen molar-refractivity contribution in [2.24, 2.45) is 0 Å². The van der Waals surface area contributed by atoms with Crippen molar-refractivity contribution < 1.29 is 17.9 Å². The van der Waals surface area contributed by atoms with Crippen LogP contribution in [0.2, 0.25) is 0 Å². The van der Waals surface area contributed by atoms with Crippen molar-refractivity contribution in [2.45, 2.75) is 69.9 Å². The first kappa shape index (κ1) is 25.4. The standard InChI is InChI=1S/C23H34N2O4S2/c1-5-6-11-19(24-22(26)29-23(2,3)4)18-25(16-15-20-12-10-17-30-20)31(27,28)21-13-8-7-9-14-21/h7-10,12-14,17,19H,5-6,11,15-16,18H2,1-4H3,(H,24,26)/t19-/m0/s1. The molecule has 0 aliphatic heterocycles. The number of rotatable bonds is 11. The molecule has 1 heterocycles. The molecule has 0 unspecified atom stereocenters. The largest absolute Gasteiger partial charge is 0.444 e. The zero-order chi connectivity index (χ0) is 22.9. The monoisotopic (exact) mass is 466 g/mol. The molecule has 0 spiro atoms. The van der Waals surface area contributed by atoms with E-state index in [-0.39, 0.29) is 17.5 Å². The van der Waals surface area contributed by atoms with Gasteiger partial charge in [0.1, 0.15) is 5.60 Å². The second-order valence-electron chi connectivity index (χ2n) is 8.49. The van der Waals surface area contributed by atoms with Gasteiger partial charge < -0.3 is 10.1 Å². The van der Waals surface area contributed by atoms with Gasteiger partial charge in [0.25, 0.3) is 0 Å². The Labute approximate surface area is 190 Å². The van der Waals surface area contributed by atoms with Gasteiger partial charge >= 0.3 is 6.09 Å². The lowest BCUT2D eigenvalue weighted by Crippen LogP contribution is -2.47. The summed E-state index contributed by atoms with van der Waals surface area (Å²) in [4.78, 5) is 13.8. The van der Waals surface area contributed by atoms with Crippen molar-refractivity contribution in [1.82, 2.24) is 9.62 Å². The molecule has 0 radical (unpaired) electrons. The molecule has 31 heavy (non-hydrogen) atoms. The average molecular weight is 467 g/mol. The van der Waals surface area contributed by atoms with Gasteiger partial charge in [-0.1, -0.05) is 44.0 Å². The van der Waals surface area contributed by atoms with Gasteiger partial charge in [-0.05, 0) is 57.2 Å². The summed E-state index contributed by atoms with van der Waals surface area (Å²) in [5, 5.41) is 4.88. The molecular formula is C23H34N2O4S2. The molecule has 2 aromatic rings. The third-order valence-corrected chi connectivity index (χ3v) is 7.44. The van der Waals surface area contributed by atoms with Gasteiger partial charge in [-0.15, -0.1) is 11.3 Å². The summed E-state index contributed by atoms with van der Waals surface area (Å²) in [5.41, 5.74) is -0.617. The molecule has 0 fully saturated rings. The minimum Gasteiger partial charge on any atom is -0.444 e. The lowest BCUT2D eigenvalue weighted by atomic mass is 10.1. The van der Waals surface area contributed by atoms with Gasteiger partial charge in [-0.2, -0.15) is 4.31 Å². The Balaban J connectivity index is 2.23. The highest BCUT2D eigenvalue weighted by atomic mass is 32.2. The quantitative estimate of drug-likeness (QED) is 0.502. The molecule has 1 aromatic carbocycles. The van der Waals surface area contributed by atoms with Gasteiger partial charge in [-0.3, -0.25) is 0 Å². The number of hydrogen-bond donors (Lipinski definition) is 1. The van der Waals surface area contributed by atoms with Crippen molar-refractivity contribution in [3.63, 3.8) is 0 Å². The van der Waals surface area contributed by atoms with Gasteiger partial charge in [0, 0.05) is 24.0 Å². The second-order valence-corrected chi connectivity index (χ2v) is 11.5. The third-order valence-electron chi connectivity index (χ3n) is 4.62. The van der Waals surface area contributed by atoms with Crippen LogP contribution in [0.15, 0.2) is 52.7 Å². The van der Waals surface area contributed by atoms with Crippen LogP contribution in [0.5, 0.6) is 0 Å². The predicted molar refractivity (Wildman–Crippen MR) is 126 cm³/mol. The smallest absolute Gasteiger partial charge is 0.407 e. The number of hydrogen-bond acceptors (Lipinski definition) is 5. The van der Waals surface area contributed by atoms with Crippen LogP contribution in [-0.2, 0) is 21.2 Å². The number of ether oxygens (including phenoxy) is 1. The van der Waals surface area contributed by atoms with E-state index in [1.165, 1.54) is 4.31 Å². The van der Waals surface area contributed by atoms with Crippen molar-refractivity contribution in [3.05, 3.63) is 52.7 Å². The van der Waals surface area contributed by atoms with Gasteiger partial charge in [0.15, 0.2) is 0 Å². The number of sulfonamides is 1. The number of carbonyl (C=O) groups excluding carboxylic acids is 1. The van der Waals surface area contributed by atoms with E-state index in [9.17, 15) is 13.2 Å². The van der Waals surface area contributed by atoms with E-state index in [1.54, 1.807) is 62.4 Å². The van der Waals surface area contributed by atoms with Crippen molar-refractivity contribution >= 4 is 27.5 Å². The topological polar surface area (TPSA) is 75.7 Å². The van der Waals surface area contributed by atoms with Crippen LogP contribution in [0.25, 0.3) is 0 Å². The Bertz CT molecular complexity index is 891. The number of unbranched alkanes of at least 4 members (excludes halogenated alkanes) is 1. The molecular weight excluding hydrogens is 432 g/mol. The normalized spacial score (nSPS) is 13.2. The van der Waals surface area contributed by atoms with Crippen LogP contribution in [0.4, 0.5) is 4.79 Å². The minimum atomic E-state index is -3.70. The third kappa shape index (κ3) is 8.63. The summed E-state index contributed by atoms with van der Waals surface area (Å²) in [6.45, 7) is 8.03. The van der Waals surface area contributed by atoms with Crippen LogP contribution in [-0.4, -0.2) is 43.5 Å². The predicted octanol–water partition coefficient (Wildman–Crippen LogP) is 5.07. The van der Waals surface area contributed by atoms with E-state index in [0.717, 1.165) is 17.7 Å². The van der Waals surface area contributed by atoms with Gasteiger partial charge in [0.2, 0.25) is 10.0 Å². The Morgan fingerprint density at radius 2 is 1.87 bits per heavy atom. The number of amides is 1. The van der Waals surface area contributed by atoms with Crippen LogP contribution in [0, 0.1) is 0 Å². The minimum absolute atomic E-state index is 0.196. The van der Waals surface area contributed by atoms with E-state index >= 15 is 0 Å².